The zero-order valence-electron chi connectivity index (χ0n) is 26.4. The van der Waals surface area contributed by atoms with E-state index in [4.69, 9.17) is 9.58 Å². The number of nitrogens with one attached hydrogen (secondary N) is 1. The van der Waals surface area contributed by atoms with Crippen molar-refractivity contribution < 1.29 is 63.2 Å². The molecule has 272 valence electrons. The Morgan fingerprint density at radius 3 is 1.87 bits per heavy atom. The van der Waals surface area contributed by atoms with Crippen molar-refractivity contribution in [2.45, 2.75) is 22.7 Å². The average Bonchev–Trinajstić information content (AvgIpc) is 3.53. The number of diazo groups is 1. The number of carbonyl (C=O) groups excluding carboxylic acids is 4. The first-order chi connectivity index (χ1) is 25.3. The lowest BCUT2D eigenvalue weighted by Crippen LogP contribution is -2.55. The molecule has 0 aliphatic carbocycles. The molecule has 54 heavy (non-hydrogen) atoms. The number of carbonyl (C=O) groups is 4. The van der Waals surface area contributed by atoms with E-state index in [1.54, 1.807) is 5.32 Å². The summed E-state index contributed by atoms with van der Waals surface area (Å²) in [5.74, 6) is -5.79. The Morgan fingerprint density at radius 1 is 0.685 bits per heavy atom. The summed E-state index contributed by atoms with van der Waals surface area (Å²) in [7, 11) is -4.65. The molecule has 0 fully saturated rings. The molecule has 0 radical (unpaired) electrons. The van der Waals surface area contributed by atoms with Crippen molar-refractivity contribution in [3.05, 3.63) is 129 Å². The normalized spacial score (nSPS) is 14.6. The van der Waals surface area contributed by atoms with E-state index in [1.165, 1.54) is 18.2 Å². The van der Waals surface area contributed by atoms with Gasteiger partial charge in [-0.25, -0.2) is 4.90 Å². The number of benzene rings is 5. The average molecular weight is 767 g/mol. The Morgan fingerprint density at radius 2 is 1.26 bits per heavy atom. The van der Waals surface area contributed by atoms with Gasteiger partial charge in [0.2, 0.25) is 10.8 Å². The van der Waals surface area contributed by atoms with Crippen LogP contribution in [0.1, 0.15) is 52.6 Å². The van der Waals surface area contributed by atoms with Gasteiger partial charge in [-0.2, -0.15) is 34.8 Å². The molecule has 5 aromatic carbocycles. The number of imide groups is 2. The lowest BCUT2D eigenvalue weighted by molar-refractivity contribution is -0.288. The van der Waals surface area contributed by atoms with E-state index in [-0.39, 0.29) is 34.0 Å². The minimum absolute atomic E-state index is 0.0613. The molecule has 2 heterocycles. The highest BCUT2D eigenvalue weighted by molar-refractivity contribution is 7.87. The largest absolute Gasteiger partial charge is 0.867 e. The molecule has 0 saturated carbocycles. The predicted octanol–water partition coefficient (Wildman–Crippen LogP) is 6.26. The molecule has 7 rings (SSSR count). The van der Waals surface area contributed by atoms with Crippen LogP contribution in [-0.4, -0.2) is 44.4 Å². The molecule has 0 aromatic heterocycles. The molecule has 19 heteroatoms. The lowest BCUT2D eigenvalue weighted by atomic mass is 9.71. The van der Waals surface area contributed by atoms with Gasteiger partial charge in [0, 0.05) is 11.5 Å². The first-order valence-corrected chi connectivity index (χ1v) is 16.5. The molecule has 2 aliphatic rings. The van der Waals surface area contributed by atoms with E-state index in [0.717, 1.165) is 36.4 Å². The maximum atomic E-state index is 14.9. The Labute approximate surface area is 297 Å². The predicted molar refractivity (Wildman–Crippen MR) is 171 cm³/mol. The highest BCUT2D eigenvalue weighted by Gasteiger charge is 2.73. The van der Waals surface area contributed by atoms with Gasteiger partial charge in [0.05, 0.1) is 27.9 Å². The van der Waals surface area contributed by atoms with E-state index in [9.17, 15) is 59.0 Å². The van der Waals surface area contributed by atoms with E-state index in [1.807, 2.05) is 0 Å². The zero-order valence-corrected chi connectivity index (χ0v) is 27.3. The molecule has 0 spiro atoms. The minimum atomic E-state index is -6.14. The molecule has 0 atom stereocenters. The van der Waals surface area contributed by atoms with Crippen LogP contribution in [0.3, 0.4) is 0 Å². The summed E-state index contributed by atoms with van der Waals surface area (Å²) < 4.78 is 121. The Hall–Kier alpha value is -6.81. The third-order valence-electron chi connectivity index (χ3n) is 8.97. The van der Waals surface area contributed by atoms with Gasteiger partial charge in [0.25, 0.3) is 23.6 Å². The van der Waals surface area contributed by atoms with Gasteiger partial charge < -0.3 is 9.29 Å². The van der Waals surface area contributed by atoms with Crippen molar-refractivity contribution in [1.82, 2.24) is 5.32 Å². The number of hydrogen-bond acceptors (Lipinski definition) is 9. The standard InChI is InChI=1S/C35H16F6N4O8S/c36-34(37,38)33(35(39,40)41,16-4-10-22-24(14-16)30(48)43-29(22)47)17-5-11-23-25(15-17)32(50)45(31(23)49)18-6-8-19(9-7-18)53-54(51,52)27-3-1-2-21-20(27)12-13-26(44-42)28(21)46/h1-15H,(H-,43,46,47,48). The SMILES string of the molecule is N#[N+]c1ccc2c(S(=O)(=O)Oc3ccc(N4C(=O)c5ccc(C(c6ccc7c(c6)C(=O)NC7=O)(C(F)(F)F)C(F)(F)F)cc5C4=O)cc3)cccc2c1[O-]. The van der Waals surface area contributed by atoms with Gasteiger partial charge in [0.15, 0.2) is 4.98 Å². The lowest BCUT2D eigenvalue weighted by Gasteiger charge is -2.38. The minimum Gasteiger partial charge on any atom is -0.867 e. The van der Waals surface area contributed by atoms with Crippen LogP contribution in [0, 0.1) is 5.39 Å². The molecule has 4 amide bonds. The van der Waals surface area contributed by atoms with Crippen LogP contribution in [0.25, 0.3) is 15.7 Å². The van der Waals surface area contributed by atoms with Crippen LogP contribution < -0.4 is 19.5 Å². The fourth-order valence-corrected chi connectivity index (χ4v) is 7.65. The monoisotopic (exact) mass is 766 g/mol. The van der Waals surface area contributed by atoms with E-state index in [2.05, 4.69) is 4.98 Å². The summed E-state index contributed by atoms with van der Waals surface area (Å²) >= 11 is 0. The summed E-state index contributed by atoms with van der Waals surface area (Å²) in [5, 5.41) is 23.1. The van der Waals surface area contributed by atoms with Crippen molar-refractivity contribution in [2.75, 3.05) is 4.90 Å². The molecule has 0 unspecified atom stereocenters. The summed E-state index contributed by atoms with van der Waals surface area (Å²) in [6.07, 6.45) is -12.3. The number of fused-ring (bicyclic) bond motifs is 3. The second-order valence-corrected chi connectivity index (χ2v) is 13.4. The highest BCUT2D eigenvalue weighted by Crippen LogP contribution is 2.57. The summed E-state index contributed by atoms with van der Waals surface area (Å²) in [4.78, 5) is 53.9. The first-order valence-electron chi connectivity index (χ1n) is 15.1. The van der Waals surface area contributed by atoms with Crippen molar-refractivity contribution >= 4 is 55.9 Å². The fourth-order valence-electron chi connectivity index (χ4n) is 6.50. The number of amides is 4. The highest BCUT2D eigenvalue weighted by atomic mass is 32.2. The van der Waals surface area contributed by atoms with Crippen LogP contribution in [-0.2, 0) is 15.5 Å². The van der Waals surface area contributed by atoms with Gasteiger partial charge in [-0.05, 0) is 82.9 Å². The number of halogens is 6. The van der Waals surface area contributed by atoms with Crippen molar-refractivity contribution in [3.8, 4) is 11.5 Å². The van der Waals surface area contributed by atoms with Crippen LogP contribution in [0.4, 0.5) is 37.7 Å². The second-order valence-electron chi connectivity index (χ2n) is 11.9. The molecule has 1 N–H and O–H groups in total. The third-order valence-corrected chi connectivity index (χ3v) is 10.3. The van der Waals surface area contributed by atoms with Crippen LogP contribution in [0.5, 0.6) is 11.5 Å². The van der Waals surface area contributed by atoms with Crippen LogP contribution >= 0.6 is 0 Å². The topological polar surface area (TPSA) is 178 Å². The molecule has 0 bridgehead atoms. The summed E-state index contributed by atoms with van der Waals surface area (Å²) in [6, 6.07) is 12.7. The first kappa shape index (κ1) is 35.6. The van der Waals surface area contributed by atoms with Gasteiger partial charge in [-0.1, -0.05) is 24.3 Å². The van der Waals surface area contributed by atoms with Crippen LogP contribution in [0.15, 0.2) is 95.9 Å². The molecule has 5 aromatic rings. The van der Waals surface area contributed by atoms with Crippen molar-refractivity contribution in [2.24, 2.45) is 0 Å². The molecule has 2 aliphatic heterocycles. The van der Waals surface area contributed by atoms with E-state index >= 15 is 0 Å². The van der Waals surface area contributed by atoms with Crippen molar-refractivity contribution in [3.63, 3.8) is 0 Å². The van der Waals surface area contributed by atoms with E-state index in [0.29, 0.717) is 35.2 Å². The van der Waals surface area contributed by atoms with Gasteiger partial charge in [-0.3, -0.25) is 24.5 Å². The third kappa shape index (κ3) is 5.13. The fraction of sp³-hybridized carbons (Fsp3) is 0.0857. The number of alkyl halides is 6. The molecular weight excluding hydrogens is 750 g/mol. The zero-order chi connectivity index (χ0) is 39.1. The van der Waals surface area contributed by atoms with Crippen molar-refractivity contribution in [1.29, 1.82) is 5.39 Å². The number of rotatable bonds is 6. The number of anilines is 1. The summed E-state index contributed by atoms with van der Waals surface area (Å²) in [6.45, 7) is 0. The Bertz CT molecular complexity index is 2660. The molecular formula is C35H16F6N4O8S. The number of hydrogen-bond donors (Lipinski definition) is 1. The van der Waals surface area contributed by atoms with Gasteiger partial charge >= 0.3 is 28.2 Å². The van der Waals surface area contributed by atoms with E-state index < -0.39 is 95.5 Å². The maximum Gasteiger partial charge on any atom is 0.411 e. The van der Waals surface area contributed by atoms with Crippen LogP contribution in [0.2, 0.25) is 0 Å². The smallest absolute Gasteiger partial charge is 0.411 e. The summed E-state index contributed by atoms with van der Waals surface area (Å²) in [5.41, 5.74) is -11.0. The second kappa shape index (κ2) is 11.9. The van der Waals surface area contributed by atoms with Gasteiger partial charge in [-0.15, -0.1) is 0 Å². The Kier molecular flexibility index (Phi) is 7.81. The molecule has 0 saturated heterocycles. The number of nitrogens with zero attached hydrogens (tertiary/aromatic N) is 3. The quantitative estimate of drug-likeness (QED) is 0.0904. The Balaban J connectivity index is 1.23. The molecule has 12 nitrogen and oxygen atoms in total. The maximum absolute atomic E-state index is 14.9. The van der Waals surface area contributed by atoms with Gasteiger partial charge in [0.1, 0.15) is 10.6 Å².